The van der Waals surface area contributed by atoms with Crippen molar-refractivity contribution in [3.63, 3.8) is 0 Å². The van der Waals surface area contributed by atoms with E-state index in [1.54, 1.807) is 24.4 Å². The van der Waals surface area contributed by atoms with Gasteiger partial charge in [-0.15, -0.1) is 0 Å². The minimum atomic E-state index is -4.55. The van der Waals surface area contributed by atoms with Crippen LogP contribution in [0, 0.1) is 16.0 Å². The summed E-state index contributed by atoms with van der Waals surface area (Å²) < 4.78 is 41.0. The zero-order valence-corrected chi connectivity index (χ0v) is 31.9. The molecule has 1 amide bonds. The number of piperidine rings is 1. The van der Waals surface area contributed by atoms with Gasteiger partial charge in [0.05, 0.1) is 27.6 Å². The summed E-state index contributed by atoms with van der Waals surface area (Å²) >= 11 is 0. The number of benzene rings is 4. The minimum Gasteiger partial charge on any atom is -0.455 e. The molecule has 4 aromatic carbocycles. The van der Waals surface area contributed by atoms with Crippen molar-refractivity contribution < 1.29 is 27.6 Å². The number of hydrogen-bond acceptors (Lipinski definition) is 10. The fraction of sp³-hybridized carbons (Fsp3) is 0.256. The molecule has 8 rings (SSSR count). The standard InChI is InChI=1S/C43H42N6O7S/c50-43(47-57(53,54)36-14-16-38(40(26-36)49(51)52)45-27-29-18-22-55-23-19-29)37-15-11-32(25-41(37)56-35-24-33-17-20-44-42(33)46-28-35)30-9-12-34(13-10-30)48-21-5-4-8-39(48)31-6-2-1-3-7-31/h1-3,6-7,9-17,20,24-26,28-29,39,45H,4-5,8,18-19,21-23,27H2,(H,44,46)(H,47,50). The normalized spacial score (nSPS) is 16.3. The summed E-state index contributed by atoms with van der Waals surface area (Å²) in [5, 5.41) is 15.9. The van der Waals surface area contributed by atoms with Crippen LogP contribution in [0.1, 0.15) is 54.1 Å². The Hall–Kier alpha value is -6.25. The van der Waals surface area contributed by atoms with Crippen LogP contribution in [0.2, 0.25) is 0 Å². The van der Waals surface area contributed by atoms with Gasteiger partial charge in [-0.25, -0.2) is 18.1 Å². The SMILES string of the molecule is O=C(NS(=O)(=O)c1ccc(NCC2CCOCC2)c([N+](=O)[O-])c1)c1ccc(-c2ccc(N3CCCCC3c3ccccc3)cc2)cc1Oc1cnc2[nH]ccc2c1. The molecule has 14 heteroatoms. The number of pyridine rings is 1. The lowest BCUT2D eigenvalue weighted by Gasteiger charge is -2.38. The van der Waals surface area contributed by atoms with E-state index in [0.717, 1.165) is 60.5 Å². The maximum absolute atomic E-state index is 13.8. The number of nitro benzene ring substituents is 1. The molecular weight excluding hydrogens is 745 g/mol. The summed E-state index contributed by atoms with van der Waals surface area (Å²) in [4.78, 5) is 34.7. The highest BCUT2D eigenvalue weighted by Crippen LogP contribution is 2.37. The Morgan fingerprint density at radius 2 is 1.72 bits per heavy atom. The number of nitrogens with zero attached hydrogens (tertiary/aromatic N) is 3. The number of ether oxygens (including phenoxy) is 2. The van der Waals surface area contributed by atoms with E-state index in [4.69, 9.17) is 9.47 Å². The van der Waals surface area contributed by atoms with Crippen molar-refractivity contribution in [1.29, 1.82) is 0 Å². The Bertz CT molecular complexity index is 2500. The van der Waals surface area contributed by atoms with Crippen LogP contribution in [-0.2, 0) is 14.8 Å². The molecule has 1 unspecified atom stereocenters. The second-order valence-electron chi connectivity index (χ2n) is 14.4. The summed E-state index contributed by atoms with van der Waals surface area (Å²) in [5.41, 5.74) is 4.38. The summed E-state index contributed by atoms with van der Waals surface area (Å²) in [7, 11) is -4.55. The van der Waals surface area contributed by atoms with Gasteiger partial charge in [0.15, 0.2) is 0 Å². The van der Waals surface area contributed by atoms with E-state index in [2.05, 4.69) is 61.3 Å². The van der Waals surface area contributed by atoms with Crippen LogP contribution in [0.5, 0.6) is 11.5 Å². The van der Waals surface area contributed by atoms with Crippen molar-refractivity contribution >= 4 is 44.0 Å². The number of aromatic amines is 1. The predicted octanol–water partition coefficient (Wildman–Crippen LogP) is 8.62. The first-order chi connectivity index (χ1) is 27.7. The maximum atomic E-state index is 13.8. The fourth-order valence-electron chi connectivity index (χ4n) is 7.60. The largest absolute Gasteiger partial charge is 0.455 e. The van der Waals surface area contributed by atoms with Crippen LogP contribution in [0.3, 0.4) is 0 Å². The Labute approximate surface area is 330 Å². The molecule has 57 heavy (non-hydrogen) atoms. The first-order valence-electron chi connectivity index (χ1n) is 19.1. The van der Waals surface area contributed by atoms with E-state index in [9.17, 15) is 23.3 Å². The molecule has 2 aliphatic rings. The van der Waals surface area contributed by atoms with Crippen molar-refractivity contribution in [2.75, 3.05) is 36.5 Å². The fourth-order valence-corrected chi connectivity index (χ4v) is 8.59. The van der Waals surface area contributed by atoms with Crippen molar-refractivity contribution in [3.05, 3.63) is 137 Å². The average Bonchev–Trinajstić information content (AvgIpc) is 3.71. The third-order valence-electron chi connectivity index (χ3n) is 10.7. The molecule has 2 saturated heterocycles. The van der Waals surface area contributed by atoms with Crippen LogP contribution >= 0.6 is 0 Å². The number of carbonyl (C=O) groups excluding carboxylic acids is 1. The quantitative estimate of drug-likeness (QED) is 0.0807. The molecule has 2 fully saturated rings. The third kappa shape index (κ3) is 8.47. The predicted molar refractivity (Wildman–Crippen MR) is 218 cm³/mol. The molecule has 6 aromatic rings. The van der Waals surface area contributed by atoms with Gasteiger partial charge < -0.3 is 24.7 Å². The van der Waals surface area contributed by atoms with Crippen LogP contribution in [0.4, 0.5) is 17.1 Å². The van der Waals surface area contributed by atoms with Gasteiger partial charge in [-0.2, -0.15) is 0 Å². The maximum Gasteiger partial charge on any atom is 0.293 e. The van der Waals surface area contributed by atoms with Gasteiger partial charge in [0.1, 0.15) is 22.8 Å². The summed E-state index contributed by atoms with van der Waals surface area (Å²) in [6.45, 7) is 2.69. The highest BCUT2D eigenvalue weighted by atomic mass is 32.2. The first kappa shape index (κ1) is 37.7. The van der Waals surface area contributed by atoms with Crippen molar-refractivity contribution in [2.45, 2.75) is 43.0 Å². The molecular formula is C43H42N6O7S. The highest BCUT2D eigenvalue weighted by molar-refractivity contribution is 7.90. The van der Waals surface area contributed by atoms with E-state index in [0.29, 0.717) is 31.2 Å². The first-order valence-corrected chi connectivity index (χ1v) is 20.5. The molecule has 2 aromatic heterocycles. The van der Waals surface area contributed by atoms with Crippen molar-refractivity contribution in [3.8, 4) is 22.6 Å². The van der Waals surface area contributed by atoms with Gasteiger partial charge in [0.2, 0.25) is 0 Å². The van der Waals surface area contributed by atoms with Gasteiger partial charge in [0.25, 0.3) is 21.6 Å². The number of sulfonamides is 1. The molecule has 0 spiro atoms. The van der Waals surface area contributed by atoms with Crippen molar-refractivity contribution in [1.82, 2.24) is 14.7 Å². The van der Waals surface area contributed by atoms with E-state index in [-0.39, 0.29) is 29.0 Å². The number of nitro groups is 1. The number of rotatable bonds is 12. The monoisotopic (exact) mass is 786 g/mol. The summed E-state index contributed by atoms with van der Waals surface area (Å²) in [6, 6.07) is 31.1. The van der Waals surface area contributed by atoms with Crippen LogP contribution in [0.25, 0.3) is 22.2 Å². The van der Waals surface area contributed by atoms with Gasteiger partial charge in [-0.3, -0.25) is 14.9 Å². The zero-order valence-electron chi connectivity index (χ0n) is 31.1. The lowest BCUT2D eigenvalue weighted by Crippen LogP contribution is -2.33. The van der Waals surface area contributed by atoms with Gasteiger partial charge in [0, 0.05) is 49.6 Å². The number of carbonyl (C=O) groups is 1. The summed E-state index contributed by atoms with van der Waals surface area (Å²) in [6.07, 6.45) is 8.27. The average molecular weight is 787 g/mol. The number of fused-ring (bicyclic) bond motifs is 1. The lowest BCUT2D eigenvalue weighted by atomic mass is 9.94. The van der Waals surface area contributed by atoms with Crippen LogP contribution < -0.4 is 19.7 Å². The molecule has 0 bridgehead atoms. The summed E-state index contributed by atoms with van der Waals surface area (Å²) in [5.74, 6) is -0.261. The molecule has 292 valence electrons. The molecule has 13 nitrogen and oxygen atoms in total. The zero-order chi connectivity index (χ0) is 39.4. The van der Waals surface area contributed by atoms with E-state index >= 15 is 0 Å². The molecule has 3 N–H and O–H groups in total. The van der Waals surface area contributed by atoms with Crippen molar-refractivity contribution in [2.24, 2.45) is 5.92 Å². The number of nitrogens with one attached hydrogen (secondary N) is 3. The molecule has 2 aliphatic heterocycles. The number of hydrogen-bond donors (Lipinski definition) is 3. The Kier molecular flexibility index (Phi) is 10.9. The number of amides is 1. The molecule has 1 atom stereocenters. The van der Waals surface area contributed by atoms with Crippen LogP contribution in [0.15, 0.2) is 120 Å². The molecule has 0 aliphatic carbocycles. The second kappa shape index (κ2) is 16.5. The van der Waals surface area contributed by atoms with Gasteiger partial charge >= 0.3 is 0 Å². The van der Waals surface area contributed by atoms with Crippen LogP contribution in [-0.4, -0.2) is 55.5 Å². The van der Waals surface area contributed by atoms with Gasteiger partial charge in [-0.05, 0) is 103 Å². The highest BCUT2D eigenvalue weighted by Gasteiger charge is 2.27. The van der Waals surface area contributed by atoms with E-state index in [1.807, 2.05) is 24.3 Å². The lowest BCUT2D eigenvalue weighted by molar-refractivity contribution is -0.384. The number of anilines is 2. The Balaban J connectivity index is 1.06. The molecule has 0 radical (unpaired) electrons. The Morgan fingerprint density at radius 3 is 2.51 bits per heavy atom. The van der Waals surface area contributed by atoms with E-state index < -0.39 is 31.4 Å². The molecule has 0 saturated carbocycles. The van der Waals surface area contributed by atoms with E-state index in [1.165, 1.54) is 36.4 Å². The third-order valence-corrected chi connectivity index (χ3v) is 12.0. The smallest absolute Gasteiger partial charge is 0.293 e. The number of H-pyrrole nitrogens is 1. The second-order valence-corrected chi connectivity index (χ2v) is 16.1. The van der Waals surface area contributed by atoms with Gasteiger partial charge in [-0.1, -0.05) is 48.5 Å². The Morgan fingerprint density at radius 1 is 0.930 bits per heavy atom. The minimum absolute atomic E-state index is 0.0589. The topological polar surface area (TPSA) is 169 Å². The number of aromatic nitrogens is 2. The molecule has 4 heterocycles.